The first-order valence-electron chi connectivity index (χ1n) is 3.12. The highest BCUT2D eigenvalue weighted by Gasteiger charge is 1.89. The molecule has 0 saturated heterocycles. The van der Waals surface area contributed by atoms with E-state index in [2.05, 4.69) is 31.8 Å². The van der Waals surface area contributed by atoms with Crippen LogP contribution in [-0.2, 0) is 11.4 Å². The van der Waals surface area contributed by atoms with Gasteiger partial charge in [0.05, 0.1) is 6.54 Å². The summed E-state index contributed by atoms with van der Waals surface area (Å²) in [5.41, 5.74) is 0. The lowest BCUT2D eigenvalue weighted by atomic mass is 10.5. The summed E-state index contributed by atoms with van der Waals surface area (Å²) < 4.78 is 1.50. The predicted molar refractivity (Wildman–Crippen MR) is 36.8 cm³/mol. The monoisotopic (exact) mass is 154 g/mol. The second kappa shape index (κ2) is 4.37. The van der Waals surface area contributed by atoms with E-state index in [1.165, 1.54) is 11.8 Å². The Balaban J connectivity index is 2.19. The van der Waals surface area contributed by atoms with Crippen molar-refractivity contribution in [2.75, 3.05) is 7.11 Å². The normalized spacial score (nSPS) is 10.6. The number of nitrogens with zero attached hydrogens (tertiary/aromatic N) is 5. The fraction of sp³-hybridized carbons (Fsp3) is 0.600. The number of aromatic nitrogens is 4. The lowest BCUT2D eigenvalue weighted by molar-refractivity contribution is 0.214. The van der Waals surface area contributed by atoms with Gasteiger partial charge in [0.25, 0.3) is 0 Å². The molecule has 0 fully saturated rings. The highest BCUT2D eigenvalue weighted by Crippen LogP contribution is 1.81. The van der Waals surface area contributed by atoms with Crippen molar-refractivity contribution in [2.24, 2.45) is 5.16 Å². The fourth-order valence-electron chi connectivity index (χ4n) is 0.562. The molecule has 0 saturated carbocycles. The van der Waals surface area contributed by atoms with Crippen LogP contribution in [-0.4, -0.2) is 33.5 Å². The van der Waals surface area contributed by atoms with Gasteiger partial charge in [-0.3, -0.25) is 0 Å². The highest BCUT2D eigenvalue weighted by atomic mass is 16.6. The Morgan fingerprint density at radius 1 is 1.73 bits per heavy atom. The number of hydrogen-bond acceptors (Lipinski definition) is 5. The van der Waals surface area contributed by atoms with E-state index in [9.17, 15) is 0 Å². The van der Waals surface area contributed by atoms with Crippen LogP contribution in [0.3, 0.4) is 0 Å². The van der Waals surface area contributed by atoms with Gasteiger partial charge < -0.3 is 4.84 Å². The molecule has 0 aliphatic carbocycles. The standard InChI is InChI=1S/C5H8N5O/c1-11-7-3-2-4-10-5-6-8-9-10/h3H,2,4H2,1H3. The van der Waals surface area contributed by atoms with E-state index in [1.807, 2.05) is 0 Å². The minimum Gasteiger partial charge on any atom is -0.399 e. The van der Waals surface area contributed by atoms with Crippen LogP contribution in [0.5, 0.6) is 0 Å². The summed E-state index contributed by atoms with van der Waals surface area (Å²) in [5, 5.41) is 13.9. The Morgan fingerprint density at radius 3 is 3.27 bits per heavy atom. The Kier molecular flexibility index (Phi) is 3.04. The van der Waals surface area contributed by atoms with Crippen molar-refractivity contribution in [1.82, 2.24) is 20.2 Å². The molecule has 0 atom stereocenters. The maximum absolute atomic E-state index is 4.46. The zero-order valence-electron chi connectivity index (χ0n) is 6.14. The van der Waals surface area contributed by atoms with Crippen LogP contribution >= 0.6 is 0 Å². The van der Waals surface area contributed by atoms with Crippen molar-refractivity contribution in [3.05, 3.63) is 6.33 Å². The van der Waals surface area contributed by atoms with Crippen LogP contribution in [0.2, 0.25) is 0 Å². The third kappa shape index (κ3) is 2.74. The summed E-state index contributed by atoms with van der Waals surface area (Å²) in [5.74, 6) is 0. The molecule has 0 N–H and O–H groups in total. The second-order valence-corrected chi connectivity index (χ2v) is 1.76. The zero-order valence-corrected chi connectivity index (χ0v) is 6.14. The smallest absolute Gasteiger partial charge is 0.221 e. The van der Waals surface area contributed by atoms with E-state index in [-0.39, 0.29) is 0 Å². The molecule has 0 unspecified atom stereocenters. The quantitative estimate of drug-likeness (QED) is 0.433. The summed E-state index contributed by atoms with van der Waals surface area (Å²) in [7, 11) is 1.50. The van der Waals surface area contributed by atoms with Gasteiger partial charge in [0, 0.05) is 12.6 Å². The lowest BCUT2D eigenvalue weighted by Crippen LogP contribution is -1.99. The first-order valence-corrected chi connectivity index (χ1v) is 3.12. The molecule has 0 amide bonds. The van der Waals surface area contributed by atoms with Crippen LogP contribution in [0.4, 0.5) is 0 Å². The van der Waals surface area contributed by atoms with Crippen molar-refractivity contribution in [2.45, 2.75) is 13.0 Å². The van der Waals surface area contributed by atoms with Gasteiger partial charge in [-0.05, 0) is 10.4 Å². The van der Waals surface area contributed by atoms with E-state index >= 15 is 0 Å². The van der Waals surface area contributed by atoms with Crippen LogP contribution in [0.25, 0.3) is 0 Å². The summed E-state index contributed by atoms with van der Waals surface area (Å²) in [4.78, 5) is 4.46. The SMILES string of the molecule is CON=CCCn1[c]nnn1. The molecule has 59 valence electrons. The molecule has 1 rings (SSSR count). The van der Waals surface area contributed by atoms with Crippen molar-refractivity contribution in [3.63, 3.8) is 0 Å². The molecule has 0 aromatic carbocycles. The Labute approximate surface area is 63.8 Å². The second-order valence-electron chi connectivity index (χ2n) is 1.76. The van der Waals surface area contributed by atoms with E-state index < -0.39 is 0 Å². The first-order chi connectivity index (χ1) is 5.43. The molecule has 11 heavy (non-hydrogen) atoms. The van der Waals surface area contributed by atoms with E-state index in [1.54, 1.807) is 6.21 Å². The lowest BCUT2D eigenvalue weighted by Gasteiger charge is -1.90. The van der Waals surface area contributed by atoms with Crippen LogP contribution < -0.4 is 0 Å². The zero-order chi connectivity index (χ0) is 7.94. The minimum absolute atomic E-state index is 0.667. The average molecular weight is 154 g/mol. The molecule has 0 aliphatic heterocycles. The number of aryl methyl sites for hydroxylation is 1. The highest BCUT2D eigenvalue weighted by molar-refractivity contribution is 5.55. The Hall–Kier alpha value is -1.46. The van der Waals surface area contributed by atoms with Gasteiger partial charge in [0.1, 0.15) is 7.11 Å². The number of rotatable bonds is 4. The Morgan fingerprint density at radius 2 is 2.64 bits per heavy atom. The van der Waals surface area contributed by atoms with Crippen LogP contribution in [0, 0.1) is 6.33 Å². The largest absolute Gasteiger partial charge is 0.399 e. The number of tetrazole rings is 1. The van der Waals surface area contributed by atoms with E-state index in [0.717, 1.165) is 6.42 Å². The molecule has 1 heterocycles. The molecule has 1 radical (unpaired) electrons. The molecule has 1 aromatic heterocycles. The molecule has 6 heteroatoms. The van der Waals surface area contributed by atoms with Crippen molar-refractivity contribution >= 4 is 6.21 Å². The van der Waals surface area contributed by atoms with Gasteiger partial charge in [-0.1, -0.05) is 5.16 Å². The first kappa shape index (κ1) is 7.64. The van der Waals surface area contributed by atoms with Gasteiger partial charge in [0.2, 0.25) is 6.33 Å². The summed E-state index contributed by atoms with van der Waals surface area (Å²) in [6.45, 7) is 0.667. The molecule has 0 spiro atoms. The molecule has 0 bridgehead atoms. The summed E-state index contributed by atoms with van der Waals surface area (Å²) >= 11 is 0. The maximum atomic E-state index is 4.46. The molecular weight excluding hydrogens is 146 g/mol. The van der Waals surface area contributed by atoms with E-state index in [4.69, 9.17) is 0 Å². The summed E-state index contributed by atoms with van der Waals surface area (Å²) in [6, 6.07) is 0. The maximum Gasteiger partial charge on any atom is 0.221 e. The molecular formula is C5H8N5O. The predicted octanol–water partition coefficient (Wildman–Crippen LogP) is -0.504. The van der Waals surface area contributed by atoms with E-state index in [0.29, 0.717) is 6.54 Å². The summed E-state index contributed by atoms with van der Waals surface area (Å²) in [6.07, 6.45) is 4.94. The third-order valence-corrected chi connectivity index (χ3v) is 1.00. The Bertz CT molecular complexity index is 207. The third-order valence-electron chi connectivity index (χ3n) is 1.00. The minimum atomic E-state index is 0.667. The molecule has 6 nitrogen and oxygen atoms in total. The molecule has 1 aromatic rings. The number of hydrogen-bond donors (Lipinski definition) is 0. The van der Waals surface area contributed by atoms with Crippen molar-refractivity contribution < 1.29 is 4.84 Å². The van der Waals surface area contributed by atoms with Crippen LogP contribution in [0.15, 0.2) is 5.16 Å². The molecule has 0 aliphatic rings. The van der Waals surface area contributed by atoms with Gasteiger partial charge >= 0.3 is 0 Å². The van der Waals surface area contributed by atoms with Crippen molar-refractivity contribution in [3.8, 4) is 0 Å². The van der Waals surface area contributed by atoms with Gasteiger partial charge in [-0.15, -0.1) is 5.10 Å². The topological polar surface area (TPSA) is 65.2 Å². The number of oxime groups is 1. The van der Waals surface area contributed by atoms with Gasteiger partial charge in [-0.25, -0.2) is 4.68 Å². The van der Waals surface area contributed by atoms with Crippen molar-refractivity contribution in [1.29, 1.82) is 0 Å². The average Bonchev–Trinajstić information content (AvgIpc) is 2.50. The van der Waals surface area contributed by atoms with Gasteiger partial charge in [-0.2, -0.15) is 0 Å². The fourth-order valence-corrected chi connectivity index (χ4v) is 0.562. The van der Waals surface area contributed by atoms with Crippen LogP contribution in [0.1, 0.15) is 6.42 Å². The van der Waals surface area contributed by atoms with Gasteiger partial charge in [0.15, 0.2) is 0 Å².